The first-order valence-corrected chi connectivity index (χ1v) is 32.5. The van der Waals surface area contributed by atoms with Gasteiger partial charge in [-0.15, -0.1) is 17.9 Å². The molecule has 0 aromatic rings. The molecular weight excluding hydrogens is 1140 g/mol. The number of carboxylic acids is 4. The van der Waals surface area contributed by atoms with Crippen LogP contribution in [-0.2, 0) is 66.9 Å². The zero-order valence-electron chi connectivity index (χ0n) is 52.7. The van der Waals surface area contributed by atoms with E-state index in [2.05, 4.69) is 38.4 Å². The monoisotopic (exact) mass is 1250 g/mol. The van der Waals surface area contributed by atoms with Crippen LogP contribution in [0.5, 0.6) is 0 Å². The number of carbonyl (C=O) groups is 6. The fourth-order valence-corrected chi connectivity index (χ4v) is 20.2. The van der Waals surface area contributed by atoms with Crippen molar-refractivity contribution in [3.63, 3.8) is 0 Å². The molecule has 10 aliphatic rings. The number of nitrogens with zero attached hydrogens (tertiary/aromatic N) is 8. The summed E-state index contributed by atoms with van der Waals surface area (Å²) in [6.45, 7) is 17.4. The van der Waals surface area contributed by atoms with Crippen LogP contribution in [0, 0.1) is 11.8 Å². The smallest absolute Gasteiger partial charge is 0.477 e. The zero-order chi connectivity index (χ0) is 63.8. The van der Waals surface area contributed by atoms with Gasteiger partial charge in [0, 0.05) is 39.3 Å². The van der Waals surface area contributed by atoms with Crippen LogP contribution in [0.3, 0.4) is 0 Å². The van der Waals surface area contributed by atoms with E-state index in [1.807, 2.05) is 0 Å². The Morgan fingerprint density at radius 1 is 0.386 bits per heavy atom. The van der Waals surface area contributed by atoms with Gasteiger partial charge in [-0.3, -0.25) is 9.59 Å². The van der Waals surface area contributed by atoms with Crippen LogP contribution < -0.4 is 0 Å². The SMILES string of the molecule is C[N+]12CC[N+]3(CC(=O)O)CC[N+]4(CC(=O)O)CC[N+](CC(=O)CCCOCCOCC5CC/C=C/CCC5)(CC1)C234.C[N+]12CC[N+]3(CC(=O)O)CC[N+]4(CC(=O)O)CC[N+](CC(=O)CCCOCCOCC5CC/C=C/CCC5)(CC1)C234.O=C=O.O=C=O. The normalized spacial score (nSPS) is 37.5. The lowest BCUT2D eigenvalue weighted by Crippen LogP contribution is -2.85. The van der Waals surface area contributed by atoms with Crippen molar-refractivity contribution in [2.75, 3.05) is 211 Å². The van der Waals surface area contributed by atoms with Crippen molar-refractivity contribution >= 4 is 47.7 Å². The molecule has 8 aliphatic heterocycles. The van der Waals surface area contributed by atoms with Crippen LogP contribution >= 0.6 is 0 Å². The van der Waals surface area contributed by atoms with E-state index in [4.69, 9.17) is 38.1 Å². The molecule has 26 heteroatoms. The molecule has 0 bridgehead atoms. The molecule has 0 aromatic heterocycles. The average Bonchev–Trinajstić information content (AvgIpc) is 1.47. The Labute approximate surface area is 518 Å². The van der Waals surface area contributed by atoms with E-state index in [0.29, 0.717) is 165 Å². The molecule has 4 N–H and O–H groups in total. The van der Waals surface area contributed by atoms with Crippen molar-refractivity contribution in [3.8, 4) is 0 Å². The average molecular weight is 1250 g/mol. The van der Waals surface area contributed by atoms with Gasteiger partial charge < -0.3 is 39.4 Å². The number of ketones is 2. The molecule has 26 nitrogen and oxygen atoms in total. The topological polar surface area (TPSA) is 289 Å². The van der Waals surface area contributed by atoms with Gasteiger partial charge in [-0.25, -0.2) is 19.2 Å². The largest absolute Gasteiger partial charge is 0.482 e. The number of likely N-dealkylation sites (N-methyl/N-ethyl adjacent to an activating group) is 2. The molecule has 12 atom stereocenters. The number of carboxylic acid groups (broad SMARTS) is 4. The summed E-state index contributed by atoms with van der Waals surface area (Å²) in [6.07, 6.45) is 23.7. The highest BCUT2D eigenvalue weighted by Crippen LogP contribution is 2.63. The fraction of sp³-hybridized carbons (Fsp3) is 0.806. The Morgan fingerprint density at radius 3 is 0.943 bits per heavy atom. The third-order valence-corrected chi connectivity index (χ3v) is 22.6. The first kappa shape index (κ1) is 70.4. The van der Waals surface area contributed by atoms with Crippen LogP contribution in [0.4, 0.5) is 0 Å². The minimum Gasteiger partial charge on any atom is -0.477 e. The molecule has 0 aromatic carbocycles. The number of ether oxygens (including phenoxy) is 4. The first-order chi connectivity index (χ1) is 42.1. The third-order valence-electron chi connectivity index (χ3n) is 22.6. The minimum absolute atomic E-state index is 0.00461. The third kappa shape index (κ3) is 13.6. The van der Waals surface area contributed by atoms with Crippen LogP contribution in [0.25, 0.3) is 0 Å². The predicted octanol–water partition coefficient (Wildman–Crippen LogP) is 1.31. The highest BCUT2D eigenvalue weighted by molar-refractivity contribution is 5.80. The number of carbonyl (C=O) groups excluding carboxylic acids is 6. The van der Waals surface area contributed by atoms with E-state index in [1.165, 1.54) is 51.4 Å². The molecule has 492 valence electrons. The number of aliphatic carboxylic acids is 4. The van der Waals surface area contributed by atoms with Crippen molar-refractivity contribution in [3.05, 3.63) is 24.3 Å². The second kappa shape index (κ2) is 30.4. The van der Waals surface area contributed by atoms with E-state index in [-0.39, 0.29) is 50.0 Å². The summed E-state index contributed by atoms with van der Waals surface area (Å²) in [4.78, 5) is 108. The summed E-state index contributed by atoms with van der Waals surface area (Å²) < 4.78 is 27.3. The Hall–Kier alpha value is -5.02. The van der Waals surface area contributed by atoms with Gasteiger partial charge >= 0.3 is 48.0 Å². The van der Waals surface area contributed by atoms with E-state index < -0.39 is 35.7 Å². The second-order valence-corrected chi connectivity index (χ2v) is 27.5. The number of quaternary nitrogens is 8. The maximum atomic E-state index is 13.5. The maximum absolute atomic E-state index is 13.5. The van der Waals surface area contributed by atoms with Crippen molar-refractivity contribution in [1.29, 1.82) is 0 Å². The van der Waals surface area contributed by atoms with Gasteiger partial charge in [-0.2, -0.15) is 37.1 Å². The van der Waals surface area contributed by atoms with Gasteiger partial charge in [-0.1, -0.05) is 24.3 Å². The van der Waals surface area contributed by atoms with Gasteiger partial charge in [0.05, 0.1) is 40.5 Å². The van der Waals surface area contributed by atoms with Crippen LogP contribution in [0.15, 0.2) is 24.3 Å². The van der Waals surface area contributed by atoms with E-state index in [0.717, 1.165) is 91.5 Å². The number of Topliss-reactive ketones (excluding diaryl/α,β-unsaturated/α-hetero) is 2. The molecule has 8 saturated heterocycles. The minimum atomic E-state index is -0.839. The highest BCUT2D eigenvalue weighted by atomic mass is 16.5. The lowest BCUT2D eigenvalue weighted by atomic mass is 9.95. The van der Waals surface area contributed by atoms with Crippen LogP contribution in [-0.4, -0.2) is 327 Å². The molecule has 2 spiro atoms. The summed E-state index contributed by atoms with van der Waals surface area (Å²) >= 11 is 0. The molecule has 8 fully saturated rings. The van der Waals surface area contributed by atoms with Gasteiger partial charge in [0.25, 0.3) is 0 Å². The maximum Gasteiger partial charge on any atom is 0.482 e. The van der Waals surface area contributed by atoms with E-state index in [1.54, 1.807) is 0 Å². The van der Waals surface area contributed by atoms with Crippen molar-refractivity contribution < 1.29 is 123 Å². The summed E-state index contributed by atoms with van der Waals surface area (Å²) in [5.74, 6) is -3.02. The number of hydrogen-bond acceptors (Lipinski definition) is 14. The molecule has 10 rings (SSSR count). The molecule has 0 amide bonds. The standard InChI is InChI=1S/2C30H50N4O7.2CO2/c2*1-31-11-13-32(22-27(35)10-7-19-40-20-21-41-25-26-8-5-3-2-4-6-9-26)15-16-34(24-29(38)39)18-17-33(14-12-31,23-28(36)37)30(31,32)34;2*2-1-3/h2*2-3,26H,4-25H2,1H3;;/q2*+2;;/p+4/b2*3-2+;;. The number of allylic oxidation sites excluding steroid dienone is 4. The van der Waals surface area contributed by atoms with Crippen LogP contribution in [0.1, 0.15) is 89.9 Å². The molecule has 2 aliphatic carbocycles. The molecule has 88 heavy (non-hydrogen) atoms. The Morgan fingerprint density at radius 2 is 0.648 bits per heavy atom. The van der Waals surface area contributed by atoms with Gasteiger partial charge in [0.1, 0.15) is 105 Å². The molecule has 0 radical (unpaired) electrons. The summed E-state index contributed by atoms with van der Waals surface area (Å²) in [6, 6.07) is 0. The Bertz CT molecular complexity index is 2380. The first-order valence-electron chi connectivity index (χ1n) is 32.5. The molecule has 8 heterocycles. The van der Waals surface area contributed by atoms with Crippen molar-refractivity contribution in [2.45, 2.75) is 102 Å². The summed E-state index contributed by atoms with van der Waals surface area (Å²) in [7, 11) is 4.39. The highest BCUT2D eigenvalue weighted by Gasteiger charge is 3.00. The number of rotatable bonds is 30. The number of hydrogen-bond donors (Lipinski definition) is 4. The molecule has 12 unspecified atom stereocenters. The van der Waals surface area contributed by atoms with E-state index in [9.17, 15) is 49.2 Å². The predicted molar refractivity (Wildman–Crippen MR) is 310 cm³/mol. The second-order valence-electron chi connectivity index (χ2n) is 27.5. The van der Waals surface area contributed by atoms with Gasteiger partial charge in [0.2, 0.25) is 0 Å². The fourth-order valence-electron chi connectivity index (χ4n) is 20.2. The summed E-state index contributed by atoms with van der Waals surface area (Å²) in [5.41, 5.74) is 0. The summed E-state index contributed by atoms with van der Waals surface area (Å²) in [5, 5.41) is 40.0. The Kier molecular flexibility index (Phi) is 24.3. The van der Waals surface area contributed by atoms with Crippen molar-refractivity contribution in [1.82, 2.24) is 0 Å². The van der Waals surface area contributed by atoms with Gasteiger partial charge in [-0.05, 0) is 88.9 Å². The molecular formula is C62H104N8O18+8. The van der Waals surface area contributed by atoms with Crippen LogP contribution in [0.2, 0.25) is 0 Å². The molecule has 0 saturated carbocycles. The lowest BCUT2D eigenvalue weighted by Gasteiger charge is -2.49. The van der Waals surface area contributed by atoms with Crippen molar-refractivity contribution in [2.24, 2.45) is 11.8 Å². The quantitative estimate of drug-likeness (QED) is 0.0448. The Balaban J connectivity index is 0.000000231. The van der Waals surface area contributed by atoms with E-state index >= 15 is 0 Å². The lowest BCUT2D eigenvalue weighted by molar-refractivity contribution is -1.36. The zero-order valence-corrected chi connectivity index (χ0v) is 52.7. The van der Waals surface area contributed by atoms with Gasteiger partial charge in [0.15, 0.2) is 50.8 Å².